The number of cyclic esters (lactones) is 1. The quantitative estimate of drug-likeness (QED) is 0.509. The number of nitrogens with one attached hydrogen (secondary N) is 1. The van der Waals surface area contributed by atoms with E-state index >= 15 is 0 Å². The average molecular weight is 461 g/mol. The van der Waals surface area contributed by atoms with Crippen molar-refractivity contribution >= 4 is 23.5 Å². The summed E-state index contributed by atoms with van der Waals surface area (Å²) in [5.74, 6) is -0.695. The summed E-state index contributed by atoms with van der Waals surface area (Å²) in [5.41, 5.74) is 2.98. The first-order chi connectivity index (χ1) is 16.4. The molecule has 1 atom stereocenters. The van der Waals surface area contributed by atoms with Gasteiger partial charge in [0.25, 0.3) is 0 Å². The molecule has 2 heterocycles. The fourth-order valence-corrected chi connectivity index (χ4v) is 3.79. The number of nitrogens with zero attached hydrogens (tertiary/aromatic N) is 2. The van der Waals surface area contributed by atoms with E-state index in [1.165, 1.54) is 17.9 Å². The molecule has 4 rings (SSSR count). The Morgan fingerprint density at radius 1 is 1.12 bits per heavy atom. The first-order valence-electron chi connectivity index (χ1n) is 11.0. The molecule has 2 aromatic carbocycles. The van der Waals surface area contributed by atoms with E-state index in [1.807, 2.05) is 12.1 Å². The molecule has 0 bridgehead atoms. The van der Waals surface area contributed by atoms with E-state index in [-0.39, 0.29) is 24.8 Å². The summed E-state index contributed by atoms with van der Waals surface area (Å²) < 4.78 is 20.2. The molecule has 174 valence electrons. The van der Waals surface area contributed by atoms with Gasteiger partial charge in [0.1, 0.15) is 11.9 Å². The van der Waals surface area contributed by atoms with Crippen LogP contribution in [-0.4, -0.2) is 42.0 Å². The summed E-state index contributed by atoms with van der Waals surface area (Å²) >= 11 is 0. The molecule has 1 aromatic heterocycles. The molecular weight excluding hydrogens is 437 g/mol. The molecule has 8 heteroatoms. The van der Waals surface area contributed by atoms with Gasteiger partial charge in [-0.2, -0.15) is 0 Å². The van der Waals surface area contributed by atoms with Gasteiger partial charge >= 0.3 is 6.09 Å². The molecule has 34 heavy (non-hydrogen) atoms. The molecule has 0 spiro atoms. The van der Waals surface area contributed by atoms with Crippen LogP contribution in [0.3, 0.4) is 0 Å². The highest BCUT2D eigenvalue weighted by Crippen LogP contribution is 2.29. The van der Waals surface area contributed by atoms with Crippen LogP contribution >= 0.6 is 0 Å². The van der Waals surface area contributed by atoms with Crippen molar-refractivity contribution in [1.29, 1.82) is 0 Å². The fourth-order valence-electron chi connectivity index (χ4n) is 3.79. The number of Topliss-reactive ketones (excluding diaryl/α,β-unsaturated/α-hetero) is 1. The molecule has 3 aromatic rings. The second kappa shape index (κ2) is 10.2. The number of hydrogen-bond donors (Lipinski definition) is 1. The SMILES string of the molecule is CC(=O)NC[C@H]1CN(c2ccc(-c3ccc(C(=O)CCc4ccncc4)cc3)c(F)c2)C(=O)O1. The van der Waals surface area contributed by atoms with Crippen molar-refractivity contribution in [1.82, 2.24) is 10.3 Å². The fraction of sp³-hybridized carbons (Fsp3) is 0.231. The first kappa shape index (κ1) is 23.1. The van der Waals surface area contributed by atoms with Crippen molar-refractivity contribution in [2.24, 2.45) is 0 Å². The Morgan fingerprint density at radius 2 is 1.85 bits per heavy atom. The van der Waals surface area contributed by atoms with Crippen molar-refractivity contribution in [3.8, 4) is 11.1 Å². The van der Waals surface area contributed by atoms with E-state index in [0.717, 1.165) is 5.56 Å². The molecular formula is C26H24FN3O4. The number of anilines is 1. The van der Waals surface area contributed by atoms with E-state index in [2.05, 4.69) is 10.3 Å². The third-order valence-corrected chi connectivity index (χ3v) is 5.63. The third-order valence-electron chi connectivity index (χ3n) is 5.63. The normalized spacial score (nSPS) is 15.2. The first-order valence-corrected chi connectivity index (χ1v) is 11.0. The Bertz CT molecular complexity index is 1200. The van der Waals surface area contributed by atoms with Crippen LogP contribution in [0.2, 0.25) is 0 Å². The van der Waals surface area contributed by atoms with Gasteiger partial charge in [-0.05, 0) is 47.9 Å². The Morgan fingerprint density at radius 3 is 2.53 bits per heavy atom. The van der Waals surface area contributed by atoms with Gasteiger partial charge in [0.15, 0.2) is 5.78 Å². The molecule has 1 aliphatic heterocycles. The molecule has 0 aliphatic carbocycles. The zero-order valence-electron chi connectivity index (χ0n) is 18.7. The van der Waals surface area contributed by atoms with Gasteiger partial charge < -0.3 is 10.1 Å². The zero-order chi connectivity index (χ0) is 24.1. The van der Waals surface area contributed by atoms with Crippen LogP contribution in [-0.2, 0) is 16.0 Å². The zero-order valence-corrected chi connectivity index (χ0v) is 18.7. The number of benzene rings is 2. The minimum atomic E-state index is -0.586. The maximum Gasteiger partial charge on any atom is 0.414 e. The number of amides is 2. The highest BCUT2D eigenvalue weighted by molar-refractivity contribution is 5.96. The Kier molecular flexibility index (Phi) is 6.96. The molecule has 1 fully saturated rings. The van der Waals surface area contributed by atoms with Crippen molar-refractivity contribution in [3.63, 3.8) is 0 Å². The number of aryl methyl sites for hydroxylation is 1. The van der Waals surface area contributed by atoms with E-state index in [4.69, 9.17) is 4.74 Å². The number of carbonyl (C=O) groups excluding carboxylic acids is 3. The van der Waals surface area contributed by atoms with Gasteiger partial charge in [-0.1, -0.05) is 24.3 Å². The number of halogens is 1. The van der Waals surface area contributed by atoms with Crippen molar-refractivity contribution < 1.29 is 23.5 Å². The maximum absolute atomic E-state index is 14.9. The molecule has 0 radical (unpaired) electrons. The molecule has 1 aliphatic rings. The second-order valence-corrected chi connectivity index (χ2v) is 8.07. The van der Waals surface area contributed by atoms with Gasteiger partial charge in [-0.25, -0.2) is 9.18 Å². The summed E-state index contributed by atoms with van der Waals surface area (Å²) in [6, 6.07) is 15.1. The summed E-state index contributed by atoms with van der Waals surface area (Å²) in [4.78, 5) is 41.0. The maximum atomic E-state index is 14.9. The summed E-state index contributed by atoms with van der Waals surface area (Å²) in [5, 5.41) is 2.61. The number of ether oxygens (including phenoxy) is 1. The van der Waals surface area contributed by atoms with Gasteiger partial charge in [0.05, 0.1) is 18.8 Å². The lowest BCUT2D eigenvalue weighted by Crippen LogP contribution is -2.33. The van der Waals surface area contributed by atoms with Crippen molar-refractivity contribution in [2.75, 3.05) is 18.0 Å². The molecule has 7 nitrogen and oxygen atoms in total. The lowest BCUT2D eigenvalue weighted by molar-refractivity contribution is -0.119. The van der Waals surface area contributed by atoms with Gasteiger partial charge in [0, 0.05) is 36.9 Å². The number of aromatic nitrogens is 1. The number of pyridine rings is 1. The van der Waals surface area contributed by atoms with E-state index in [1.54, 1.807) is 48.8 Å². The Hall–Kier alpha value is -4.07. The highest BCUT2D eigenvalue weighted by Gasteiger charge is 2.32. The van der Waals surface area contributed by atoms with Crippen LogP contribution in [0.25, 0.3) is 11.1 Å². The Balaban J connectivity index is 1.41. The molecule has 1 N–H and O–H groups in total. The van der Waals surface area contributed by atoms with Crippen molar-refractivity contribution in [3.05, 3.63) is 83.9 Å². The van der Waals surface area contributed by atoms with Crippen LogP contribution in [0.4, 0.5) is 14.9 Å². The summed E-state index contributed by atoms with van der Waals surface area (Å²) in [7, 11) is 0. The summed E-state index contributed by atoms with van der Waals surface area (Å²) in [6.07, 6.45) is 3.32. The van der Waals surface area contributed by atoms with Crippen LogP contribution < -0.4 is 10.2 Å². The van der Waals surface area contributed by atoms with Crippen molar-refractivity contribution in [2.45, 2.75) is 25.9 Å². The minimum absolute atomic E-state index is 0.0144. The lowest BCUT2D eigenvalue weighted by Gasteiger charge is -2.14. The van der Waals surface area contributed by atoms with Crippen LogP contribution in [0, 0.1) is 5.82 Å². The topological polar surface area (TPSA) is 88.6 Å². The monoisotopic (exact) mass is 461 g/mol. The number of carbonyl (C=O) groups is 3. The standard InChI is InChI=1S/C26H24FN3O4/c1-17(31)29-15-22-16-30(26(33)34-22)21-7-8-23(24(27)14-21)19-3-5-20(6-4-19)25(32)9-2-18-10-12-28-13-11-18/h3-8,10-14,22H,2,9,15-16H2,1H3,(H,29,31)/t22-/m0/s1. The van der Waals surface area contributed by atoms with Crippen LogP contribution in [0.5, 0.6) is 0 Å². The van der Waals surface area contributed by atoms with Gasteiger partial charge in [-0.3, -0.25) is 19.5 Å². The van der Waals surface area contributed by atoms with E-state index in [9.17, 15) is 18.8 Å². The highest BCUT2D eigenvalue weighted by atomic mass is 19.1. The van der Waals surface area contributed by atoms with E-state index in [0.29, 0.717) is 35.2 Å². The number of rotatable bonds is 8. The predicted molar refractivity (Wildman–Crippen MR) is 125 cm³/mol. The molecule has 1 saturated heterocycles. The molecule has 0 saturated carbocycles. The molecule has 2 amide bonds. The van der Waals surface area contributed by atoms with E-state index < -0.39 is 18.0 Å². The lowest BCUT2D eigenvalue weighted by atomic mass is 9.99. The third kappa shape index (κ3) is 5.46. The van der Waals surface area contributed by atoms with Gasteiger partial charge in [-0.15, -0.1) is 0 Å². The average Bonchev–Trinajstić information content (AvgIpc) is 3.22. The van der Waals surface area contributed by atoms with Crippen LogP contribution in [0.1, 0.15) is 29.3 Å². The number of ketones is 1. The molecule has 0 unspecified atom stereocenters. The summed E-state index contributed by atoms with van der Waals surface area (Å²) in [6.45, 7) is 1.80. The second-order valence-electron chi connectivity index (χ2n) is 8.07. The largest absolute Gasteiger partial charge is 0.442 e. The van der Waals surface area contributed by atoms with Crippen LogP contribution in [0.15, 0.2) is 67.0 Å². The van der Waals surface area contributed by atoms with Gasteiger partial charge in [0.2, 0.25) is 5.91 Å². The minimum Gasteiger partial charge on any atom is -0.442 e. The number of hydrogen-bond acceptors (Lipinski definition) is 5. The Labute approximate surface area is 196 Å². The smallest absolute Gasteiger partial charge is 0.414 e. The predicted octanol–water partition coefficient (Wildman–Crippen LogP) is 4.16.